The molecule has 230 valence electrons. The Kier molecular flexibility index (Phi) is 11.3. The number of aliphatic carboxylic acids is 1. The zero-order valence-corrected chi connectivity index (χ0v) is 24.6. The van der Waals surface area contributed by atoms with Gasteiger partial charge in [0, 0.05) is 45.4 Å². The predicted octanol–water partition coefficient (Wildman–Crippen LogP) is 5.66. The van der Waals surface area contributed by atoms with Gasteiger partial charge in [-0.15, -0.1) is 0 Å². The monoisotopic (exact) mass is 590 g/mol. The van der Waals surface area contributed by atoms with Gasteiger partial charge in [-0.3, -0.25) is 4.79 Å². The first-order valence-corrected chi connectivity index (χ1v) is 14.2. The third kappa shape index (κ3) is 8.18. The number of hydrogen-bond donors (Lipinski definition) is 2. The van der Waals surface area contributed by atoms with E-state index in [1.54, 1.807) is 63.2 Å². The number of ketones is 1. The van der Waals surface area contributed by atoms with Crippen LogP contribution in [0.4, 0.5) is 13.6 Å². The maximum absolute atomic E-state index is 15.2. The van der Waals surface area contributed by atoms with Crippen molar-refractivity contribution in [1.29, 1.82) is 0 Å². The SMILES string of the molecule is CCOc1cc([C@@H](C)N(CCC(F)(F)Cc2ccccc2)C(=O)NC2(C(=O)O)CCOCC2)cc(OCC)c1C(C)=O. The minimum absolute atomic E-state index is 0.0384. The maximum Gasteiger partial charge on any atom is 0.329 e. The Morgan fingerprint density at radius 3 is 2.14 bits per heavy atom. The van der Waals surface area contributed by atoms with E-state index in [-0.39, 0.29) is 68.7 Å². The molecule has 1 fully saturated rings. The van der Waals surface area contributed by atoms with Crippen molar-refractivity contribution in [3.63, 3.8) is 0 Å². The standard InChI is InChI=1S/C31H40F2N2O7/c1-5-41-25-18-24(19-26(42-6-2)27(25)22(4)36)21(3)35(15-12-31(32,33)20-23-10-8-7-9-11-23)29(39)34-30(28(37)38)13-16-40-17-14-30/h7-11,18-19,21H,5-6,12-17,20H2,1-4H3,(H,34,39)(H,37,38)/t21-/m1/s1. The summed E-state index contributed by atoms with van der Waals surface area (Å²) in [7, 11) is 0. The molecular formula is C31H40F2N2O7. The molecule has 0 spiro atoms. The van der Waals surface area contributed by atoms with Crippen LogP contribution in [-0.2, 0) is 16.0 Å². The summed E-state index contributed by atoms with van der Waals surface area (Å²) in [6.07, 6.45) is -1.09. The Labute approximate surface area is 245 Å². The quantitative estimate of drug-likeness (QED) is 0.273. The molecule has 9 nitrogen and oxygen atoms in total. The number of carbonyl (C=O) groups excluding carboxylic acids is 2. The number of rotatable bonds is 14. The molecule has 1 heterocycles. The van der Waals surface area contributed by atoms with Crippen molar-refractivity contribution in [1.82, 2.24) is 10.2 Å². The normalized spacial score (nSPS) is 15.4. The van der Waals surface area contributed by atoms with E-state index in [9.17, 15) is 19.5 Å². The zero-order valence-electron chi connectivity index (χ0n) is 24.6. The molecule has 0 aromatic heterocycles. The van der Waals surface area contributed by atoms with Crippen molar-refractivity contribution in [2.45, 2.75) is 70.9 Å². The minimum Gasteiger partial charge on any atom is -0.493 e. The van der Waals surface area contributed by atoms with Crippen LogP contribution in [0.15, 0.2) is 42.5 Å². The Morgan fingerprint density at radius 1 is 1.07 bits per heavy atom. The second kappa shape index (κ2) is 14.4. The number of halogens is 2. The summed E-state index contributed by atoms with van der Waals surface area (Å²) in [6.45, 7) is 6.96. The largest absolute Gasteiger partial charge is 0.493 e. The molecule has 2 aromatic carbocycles. The summed E-state index contributed by atoms with van der Waals surface area (Å²) >= 11 is 0. The van der Waals surface area contributed by atoms with E-state index in [0.29, 0.717) is 11.1 Å². The summed E-state index contributed by atoms with van der Waals surface area (Å²) in [5.41, 5.74) is -0.413. The van der Waals surface area contributed by atoms with Gasteiger partial charge in [0.2, 0.25) is 0 Å². The van der Waals surface area contributed by atoms with Crippen molar-refractivity contribution in [3.05, 3.63) is 59.2 Å². The fourth-order valence-corrected chi connectivity index (χ4v) is 5.04. The topological polar surface area (TPSA) is 114 Å². The van der Waals surface area contributed by atoms with Crippen LogP contribution in [0.3, 0.4) is 0 Å². The first-order chi connectivity index (χ1) is 19.9. The molecule has 0 saturated carbocycles. The molecule has 1 aliphatic rings. The van der Waals surface area contributed by atoms with E-state index >= 15 is 8.78 Å². The van der Waals surface area contributed by atoms with Gasteiger partial charge in [-0.2, -0.15) is 0 Å². The van der Waals surface area contributed by atoms with Crippen LogP contribution < -0.4 is 14.8 Å². The number of nitrogens with zero attached hydrogens (tertiary/aromatic N) is 1. The number of Topliss-reactive ketones (excluding diaryl/α,β-unsaturated/α-hetero) is 1. The highest BCUT2D eigenvalue weighted by atomic mass is 19.3. The summed E-state index contributed by atoms with van der Waals surface area (Å²) in [5, 5.41) is 12.6. The molecular weight excluding hydrogens is 550 g/mol. The number of carbonyl (C=O) groups is 3. The smallest absolute Gasteiger partial charge is 0.329 e. The van der Waals surface area contributed by atoms with E-state index in [1.807, 2.05) is 0 Å². The highest BCUT2D eigenvalue weighted by Crippen LogP contribution is 2.36. The third-order valence-electron chi connectivity index (χ3n) is 7.38. The van der Waals surface area contributed by atoms with Crippen molar-refractivity contribution in [2.24, 2.45) is 0 Å². The van der Waals surface area contributed by atoms with Crippen LogP contribution in [0, 0.1) is 0 Å². The minimum atomic E-state index is -3.14. The lowest BCUT2D eigenvalue weighted by Gasteiger charge is -2.38. The molecule has 3 rings (SSSR count). The van der Waals surface area contributed by atoms with Gasteiger partial charge in [0.05, 0.1) is 19.3 Å². The highest BCUT2D eigenvalue weighted by molar-refractivity contribution is 5.99. The number of benzene rings is 2. The molecule has 0 radical (unpaired) electrons. The van der Waals surface area contributed by atoms with E-state index in [4.69, 9.17) is 14.2 Å². The van der Waals surface area contributed by atoms with Gasteiger partial charge in [-0.1, -0.05) is 30.3 Å². The molecule has 2 N–H and O–H groups in total. The lowest BCUT2D eigenvalue weighted by molar-refractivity contribution is -0.148. The summed E-state index contributed by atoms with van der Waals surface area (Å²) < 4.78 is 47.1. The van der Waals surface area contributed by atoms with E-state index < -0.39 is 42.3 Å². The Hall–Kier alpha value is -3.73. The number of carboxylic acid groups (broad SMARTS) is 1. The van der Waals surface area contributed by atoms with Gasteiger partial charge in [-0.25, -0.2) is 18.4 Å². The molecule has 42 heavy (non-hydrogen) atoms. The Morgan fingerprint density at radius 2 is 1.64 bits per heavy atom. The zero-order chi connectivity index (χ0) is 30.9. The first kappa shape index (κ1) is 32.8. The summed E-state index contributed by atoms with van der Waals surface area (Å²) in [4.78, 5) is 39.7. The average molecular weight is 591 g/mol. The van der Waals surface area contributed by atoms with Crippen LogP contribution in [0.25, 0.3) is 0 Å². The summed E-state index contributed by atoms with van der Waals surface area (Å²) in [5.74, 6) is -4.14. The van der Waals surface area contributed by atoms with Crippen molar-refractivity contribution < 1.29 is 42.5 Å². The average Bonchev–Trinajstić information content (AvgIpc) is 2.93. The van der Waals surface area contributed by atoms with Gasteiger partial charge in [0.1, 0.15) is 22.6 Å². The van der Waals surface area contributed by atoms with Gasteiger partial charge in [0.15, 0.2) is 5.78 Å². The van der Waals surface area contributed by atoms with Gasteiger partial charge in [-0.05, 0) is 51.0 Å². The Bertz CT molecular complexity index is 1210. The second-order valence-corrected chi connectivity index (χ2v) is 10.4. The molecule has 0 unspecified atom stereocenters. The third-order valence-corrected chi connectivity index (χ3v) is 7.38. The molecule has 2 aromatic rings. The lowest BCUT2D eigenvalue weighted by atomic mass is 9.90. The van der Waals surface area contributed by atoms with Gasteiger partial charge in [0.25, 0.3) is 5.92 Å². The fourth-order valence-electron chi connectivity index (χ4n) is 5.04. The number of urea groups is 1. The molecule has 0 bridgehead atoms. The van der Waals surface area contributed by atoms with Crippen LogP contribution in [0.1, 0.15) is 74.5 Å². The first-order valence-electron chi connectivity index (χ1n) is 14.2. The number of ether oxygens (including phenoxy) is 3. The number of alkyl halides is 2. The fraction of sp³-hybridized carbons (Fsp3) is 0.516. The summed E-state index contributed by atoms with van der Waals surface area (Å²) in [6, 6.07) is 9.92. The van der Waals surface area contributed by atoms with Crippen LogP contribution in [0.2, 0.25) is 0 Å². The van der Waals surface area contributed by atoms with Gasteiger partial charge >= 0.3 is 12.0 Å². The van der Waals surface area contributed by atoms with Crippen LogP contribution >= 0.6 is 0 Å². The molecule has 1 saturated heterocycles. The molecule has 11 heteroatoms. The highest BCUT2D eigenvalue weighted by Gasteiger charge is 2.43. The van der Waals surface area contributed by atoms with E-state index in [0.717, 1.165) is 0 Å². The molecule has 2 amide bonds. The van der Waals surface area contributed by atoms with Gasteiger partial charge < -0.3 is 29.5 Å². The predicted molar refractivity (Wildman–Crippen MR) is 153 cm³/mol. The van der Waals surface area contributed by atoms with Crippen LogP contribution in [-0.4, -0.2) is 72.2 Å². The lowest BCUT2D eigenvalue weighted by Crippen LogP contribution is -2.60. The second-order valence-electron chi connectivity index (χ2n) is 10.4. The Balaban J connectivity index is 1.99. The maximum atomic E-state index is 15.2. The van der Waals surface area contributed by atoms with Crippen molar-refractivity contribution in [3.8, 4) is 11.5 Å². The molecule has 1 aliphatic heterocycles. The van der Waals surface area contributed by atoms with E-state index in [1.165, 1.54) is 11.8 Å². The van der Waals surface area contributed by atoms with E-state index in [2.05, 4.69) is 5.32 Å². The molecule has 0 aliphatic carbocycles. The number of nitrogens with one attached hydrogen (secondary N) is 1. The number of carboxylic acids is 1. The van der Waals surface area contributed by atoms with Crippen LogP contribution in [0.5, 0.6) is 11.5 Å². The van der Waals surface area contributed by atoms with Crippen molar-refractivity contribution >= 4 is 17.8 Å². The number of hydrogen-bond acceptors (Lipinski definition) is 6. The number of amides is 2. The molecule has 1 atom stereocenters. The van der Waals surface area contributed by atoms with Crippen molar-refractivity contribution in [2.75, 3.05) is 33.0 Å².